The van der Waals surface area contributed by atoms with Gasteiger partial charge in [0.25, 0.3) is 0 Å². The van der Waals surface area contributed by atoms with Crippen LogP contribution in [0.3, 0.4) is 0 Å². The Bertz CT molecular complexity index is 644. The van der Waals surface area contributed by atoms with Crippen molar-refractivity contribution in [2.75, 3.05) is 5.32 Å². The van der Waals surface area contributed by atoms with E-state index in [2.05, 4.69) is 10.3 Å². The van der Waals surface area contributed by atoms with Gasteiger partial charge in [0.15, 0.2) is 0 Å². The van der Waals surface area contributed by atoms with Crippen molar-refractivity contribution in [1.29, 1.82) is 0 Å². The van der Waals surface area contributed by atoms with Gasteiger partial charge < -0.3 is 10.4 Å². The van der Waals surface area contributed by atoms with Crippen molar-refractivity contribution in [3.05, 3.63) is 59.7 Å². The highest BCUT2D eigenvalue weighted by atomic mass is 19.1. The van der Waals surface area contributed by atoms with E-state index in [9.17, 15) is 14.0 Å². The molecule has 2 aromatic rings. The Hall–Kier alpha value is -2.76. The molecule has 2 rings (SSSR count). The number of pyridine rings is 1. The number of hydrogen-bond donors (Lipinski definition) is 2. The fraction of sp³-hybridized carbons (Fsp3) is 0.0714. The van der Waals surface area contributed by atoms with Crippen molar-refractivity contribution in [1.82, 2.24) is 4.98 Å². The van der Waals surface area contributed by atoms with Crippen molar-refractivity contribution >= 4 is 17.6 Å². The van der Waals surface area contributed by atoms with Crippen LogP contribution in [-0.4, -0.2) is 22.0 Å². The minimum Gasteiger partial charge on any atom is -0.478 e. The number of amides is 1. The van der Waals surface area contributed by atoms with Gasteiger partial charge >= 0.3 is 5.97 Å². The average molecular weight is 274 g/mol. The molecule has 0 aliphatic rings. The Morgan fingerprint density at radius 3 is 2.65 bits per heavy atom. The Morgan fingerprint density at radius 1 is 1.25 bits per heavy atom. The second-order valence-corrected chi connectivity index (χ2v) is 4.05. The van der Waals surface area contributed by atoms with Crippen LogP contribution in [0.25, 0.3) is 0 Å². The molecule has 0 saturated heterocycles. The van der Waals surface area contributed by atoms with Gasteiger partial charge in [0.1, 0.15) is 5.82 Å². The number of carbonyl (C=O) groups is 2. The second kappa shape index (κ2) is 5.92. The second-order valence-electron chi connectivity index (χ2n) is 4.05. The molecule has 102 valence electrons. The smallest absolute Gasteiger partial charge is 0.335 e. The molecule has 2 N–H and O–H groups in total. The fourth-order valence-electron chi connectivity index (χ4n) is 1.61. The molecule has 0 unspecified atom stereocenters. The predicted octanol–water partition coefficient (Wildman–Crippen LogP) is 2.10. The third-order valence-corrected chi connectivity index (χ3v) is 2.56. The summed E-state index contributed by atoms with van der Waals surface area (Å²) in [4.78, 5) is 26.4. The number of aromatic nitrogens is 1. The van der Waals surface area contributed by atoms with Crippen LogP contribution >= 0.6 is 0 Å². The number of nitrogens with one attached hydrogen (secondary N) is 1. The first-order chi connectivity index (χ1) is 9.56. The van der Waals surface area contributed by atoms with Gasteiger partial charge in [-0.2, -0.15) is 0 Å². The Labute approximate surface area is 114 Å². The Morgan fingerprint density at radius 2 is 2.05 bits per heavy atom. The lowest BCUT2D eigenvalue weighted by atomic mass is 10.2. The van der Waals surface area contributed by atoms with Gasteiger partial charge in [-0.1, -0.05) is 6.07 Å². The zero-order valence-electron chi connectivity index (χ0n) is 10.3. The number of nitrogens with zero attached hydrogens (tertiary/aromatic N) is 1. The van der Waals surface area contributed by atoms with E-state index in [1.54, 1.807) is 24.4 Å². The summed E-state index contributed by atoms with van der Waals surface area (Å²) >= 11 is 0. The van der Waals surface area contributed by atoms with Gasteiger partial charge in [-0.05, 0) is 30.3 Å². The van der Waals surface area contributed by atoms with Crippen LogP contribution in [0.1, 0.15) is 16.1 Å². The quantitative estimate of drug-likeness (QED) is 0.894. The van der Waals surface area contributed by atoms with Gasteiger partial charge in [0.05, 0.1) is 17.7 Å². The molecule has 0 aliphatic carbocycles. The van der Waals surface area contributed by atoms with Gasteiger partial charge in [-0.15, -0.1) is 0 Å². The van der Waals surface area contributed by atoms with E-state index in [0.717, 1.165) is 6.07 Å². The van der Waals surface area contributed by atoms with E-state index in [-0.39, 0.29) is 17.7 Å². The summed E-state index contributed by atoms with van der Waals surface area (Å²) in [7, 11) is 0. The topological polar surface area (TPSA) is 79.3 Å². The number of halogens is 1. The van der Waals surface area contributed by atoms with E-state index in [4.69, 9.17) is 5.11 Å². The van der Waals surface area contributed by atoms with E-state index in [1.165, 1.54) is 12.1 Å². The van der Waals surface area contributed by atoms with Crippen LogP contribution in [-0.2, 0) is 11.2 Å². The first-order valence-electron chi connectivity index (χ1n) is 5.79. The normalized spacial score (nSPS) is 10.1. The van der Waals surface area contributed by atoms with E-state index in [1.807, 2.05) is 0 Å². The molecule has 1 heterocycles. The minimum atomic E-state index is -1.23. The molecule has 0 atom stereocenters. The summed E-state index contributed by atoms with van der Waals surface area (Å²) in [6.45, 7) is 0. The van der Waals surface area contributed by atoms with Crippen LogP contribution in [0.5, 0.6) is 0 Å². The number of carboxylic acid groups (broad SMARTS) is 1. The molecule has 6 heteroatoms. The number of anilines is 1. The molecule has 1 aromatic carbocycles. The zero-order chi connectivity index (χ0) is 14.5. The third kappa shape index (κ3) is 3.38. The highest BCUT2D eigenvalue weighted by molar-refractivity contribution is 5.93. The highest BCUT2D eigenvalue weighted by Crippen LogP contribution is 2.16. The van der Waals surface area contributed by atoms with E-state index < -0.39 is 17.7 Å². The van der Waals surface area contributed by atoms with Crippen LogP contribution in [0, 0.1) is 5.82 Å². The number of aromatic carboxylic acids is 1. The first-order valence-corrected chi connectivity index (χ1v) is 5.79. The lowest BCUT2D eigenvalue weighted by Gasteiger charge is -2.06. The molecule has 20 heavy (non-hydrogen) atoms. The lowest BCUT2D eigenvalue weighted by molar-refractivity contribution is -0.115. The molecule has 1 amide bonds. The summed E-state index contributed by atoms with van der Waals surface area (Å²) in [5.74, 6) is -2.44. The van der Waals surface area contributed by atoms with Gasteiger partial charge in [0, 0.05) is 11.9 Å². The highest BCUT2D eigenvalue weighted by Gasteiger charge is 2.11. The monoisotopic (exact) mass is 274 g/mol. The molecule has 0 fully saturated rings. The van der Waals surface area contributed by atoms with Crippen LogP contribution in [0.15, 0.2) is 42.6 Å². The van der Waals surface area contributed by atoms with Gasteiger partial charge in [-0.3, -0.25) is 9.78 Å². The molecule has 0 spiro atoms. The molecular weight excluding hydrogens is 263 g/mol. The molecule has 0 saturated carbocycles. The number of hydrogen-bond acceptors (Lipinski definition) is 3. The molecule has 0 aliphatic heterocycles. The summed E-state index contributed by atoms with van der Waals surface area (Å²) in [5, 5.41) is 11.1. The van der Waals surface area contributed by atoms with E-state index in [0.29, 0.717) is 5.69 Å². The number of rotatable bonds is 4. The maximum Gasteiger partial charge on any atom is 0.335 e. The van der Waals surface area contributed by atoms with Crippen LogP contribution < -0.4 is 5.32 Å². The fourth-order valence-corrected chi connectivity index (χ4v) is 1.61. The van der Waals surface area contributed by atoms with Crippen molar-refractivity contribution in [2.24, 2.45) is 0 Å². The van der Waals surface area contributed by atoms with E-state index >= 15 is 0 Å². The summed E-state index contributed by atoms with van der Waals surface area (Å²) in [6.07, 6.45) is 1.58. The summed E-state index contributed by atoms with van der Waals surface area (Å²) in [5.41, 5.74) is 0.328. The summed E-state index contributed by atoms with van der Waals surface area (Å²) < 4.78 is 13.6. The predicted molar refractivity (Wildman–Crippen MR) is 69.9 cm³/mol. The maximum absolute atomic E-state index is 13.6. The maximum atomic E-state index is 13.6. The first kappa shape index (κ1) is 13.7. The van der Waals surface area contributed by atoms with Crippen molar-refractivity contribution in [3.8, 4) is 0 Å². The summed E-state index contributed by atoms with van der Waals surface area (Å²) in [6, 6.07) is 8.46. The van der Waals surface area contributed by atoms with Gasteiger partial charge in [0.2, 0.25) is 5.91 Å². The number of benzene rings is 1. The molecule has 5 nitrogen and oxygen atoms in total. The molecular formula is C14H11FN2O3. The molecule has 0 radical (unpaired) electrons. The standard InChI is InChI=1S/C14H11FN2O3/c15-11-7-9(14(19)20)4-5-12(11)17-13(18)8-10-3-1-2-6-16-10/h1-7H,8H2,(H,17,18)(H,19,20). The third-order valence-electron chi connectivity index (χ3n) is 2.56. The van der Waals surface area contributed by atoms with Crippen molar-refractivity contribution in [3.63, 3.8) is 0 Å². The number of carbonyl (C=O) groups excluding carboxylic acids is 1. The Kier molecular flexibility index (Phi) is 4.05. The molecule has 0 bridgehead atoms. The van der Waals surface area contributed by atoms with Gasteiger partial charge in [-0.25, -0.2) is 9.18 Å². The Balaban J connectivity index is 2.06. The number of carboxylic acids is 1. The lowest BCUT2D eigenvalue weighted by Crippen LogP contribution is -2.16. The molecule has 1 aromatic heterocycles. The zero-order valence-corrected chi connectivity index (χ0v) is 10.3. The van der Waals surface area contributed by atoms with Crippen molar-refractivity contribution < 1.29 is 19.1 Å². The van der Waals surface area contributed by atoms with Crippen LogP contribution in [0.4, 0.5) is 10.1 Å². The van der Waals surface area contributed by atoms with Crippen LogP contribution in [0.2, 0.25) is 0 Å². The SMILES string of the molecule is O=C(Cc1ccccn1)Nc1ccc(C(=O)O)cc1F. The minimum absolute atomic E-state index is 0.0148. The van der Waals surface area contributed by atoms with Crippen molar-refractivity contribution in [2.45, 2.75) is 6.42 Å². The average Bonchev–Trinajstić information content (AvgIpc) is 2.42. The largest absolute Gasteiger partial charge is 0.478 e.